The van der Waals surface area contributed by atoms with Gasteiger partial charge in [-0.2, -0.15) is 5.10 Å². The smallest absolute Gasteiger partial charge is 0.278 e. The summed E-state index contributed by atoms with van der Waals surface area (Å²) in [7, 11) is 0. The highest BCUT2D eigenvalue weighted by atomic mass is 16.2. The molecule has 0 saturated heterocycles. The van der Waals surface area contributed by atoms with Crippen LogP contribution in [0.1, 0.15) is 16.2 Å². The van der Waals surface area contributed by atoms with Gasteiger partial charge in [-0.05, 0) is 35.4 Å². The van der Waals surface area contributed by atoms with Crippen LogP contribution in [0, 0.1) is 6.92 Å². The van der Waals surface area contributed by atoms with Gasteiger partial charge in [0, 0.05) is 11.3 Å². The molecule has 5 aromatic rings. The average Bonchev–Trinajstić information content (AvgIpc) is 3.19. The van der Waals surface area contributed by atoms with Crippen molar-refractivity contribution >= 4 is 28.0 Å². The molecule has 5 rings (SSSR count). The number of amides is 1. The fourth-order valence-electron chi connectivity index (χ4n) is 3.53. The van der Waals surface area contributed by atoms with Crippen LogP contribution < -0.4 is 5.32 Å². The second-order valence-electron chi connectivity index (χ2n) is 6.77. The first-order chi connectivity index (χ1) is 14.2. The van der Waals surface area contributed by atoms with Crippen LogP contribution in [0.25, 0.3) is 27.5 Å². The van der Waals surface area contributed by atoms with Crippen molar-refractivity contribution in [2.24, 2.45) is 0 Å². The molecule has 6 nitrogen and oxygen atoms in total. The van der Waals surface area contributed by atoms with Gasteiger partial charge in [-0.15, -0.1) is 10.2 Å². The molecule has 0 saturated carbocycles. The van der Waals surface area contributed by atoms with Crippen molar-refractivity contribution in [3.63, 3.8) is 0 Å². The fraction of sp³-hybridized carbons (Fsp3) is 0.0435. The summed E-state index contributed by atoms with van der Waals surface area (Å²) in [6.07, 6.45) is 1.78. The number of carbonyl (C=O) groups is 1. The van der Waals surface area contributed by atoms with Crippen LogP contribution in [0.5, 0.6) is 0 Å². The van der Waals surface area contributed by atoms with Crippen molar-refractivity contribution in [2.75, 3.05) is 5.32 Å². The van der Waals surface area contributed by atoms with Gasteiger partial charge >= 0.3 is 0 Å². The van der Waals surface area contributed by atoms with Gasteiger partial charge in [0.25, 0.3) is 5.91 Å². The number of nitrogens with one attached hydrogen (secondary N) is 1. The molecule has 0 unspecified atom stereocenters. The number of hydrogen-bond acceptors (Lipinski definition) is 4. The number of benzene rings is 3. The van der Waals surface area contributed by atoms with Gasteiger partial charge in [0.2, 0.25) is 0 Å². The number of aryl methyl sites for hydroxylation is 1. The van der Waals surface area contributed by atoms with Gasteiger partial charge in [0.05, 0.1) is 11.9 Å². The van der Waals surface area contributed by atoms with Crippen molar-refractivity contribution in [3.05, 3.63) is 90.4 Å². The number of hydrogen-bond donors (Lipinski definition) is 1. The Morgan fingerprint density at radius 2 is 1.62 bits per heavy atom. The first kappa shape index (κ1) is 17.1. The van der Waals surface area contributed by atoms with Gasteiger partial charge < -0.3 is 5.32 Å². The van der Waals surface area contributed by atoms with Crippen molar-refractivity contribution in [3.8, 4) is 11.1 Å². The zero-order valence-electron chi connectivity index (χ0n) is 15.7. The molecule has 0 aliphatic heterocycles. The molecule has 2 heterocycles. The zero-order valence-corrected chi connectivity index (χ0v) is 15.7. The average molecular weight is 379 g/mol. The van der Waals surface area contributed by atoms with E-state index in [1.54, 1.807) is 10.7 Å². The Hall–Kier alpha value is -4.06. The highest BCUT2D eigenvalue weighted by Crippen LogP contribution is 2.31. The highest BCUT2D eigenvalue weighted by molar-refractivity contribution is 6.04. The van der Waals surface area contributed by atoms with E-state index >= 15 is 0 Å². The lowest BCUT2D eigenvalue weighted by Gasteiger charge is -2.08. The summed E-state index contributed by atoms with van der Waals surface area (Å²) < 4.78 is 1.67. The molecule has 1 amide bonds. The van der Waals surface area contributed by atoms with Crippen LogP contribution in [0.3, 0.4) is 0 Å². The number of carbonyl (C=O) groups excluding carboxylic acids is 1. The Bertz CT molecular complexity index is 1350. The van der Waals surface area contributed by atoms with Crippen molar-refractivity contribution in [1.82, 2.24) is 19.8 Å². The van der Waals surface area contributed by atoms with Crippen LogP contribution in [0.2, 0.25) is 0 Å². The standard InChI is InChI=1S/C23H17N5O/c1-15-21(23(29)25-17-10-3-2-4-11-17)26-27-22-20(14-24-28(15)22)19-13-7-9-16-8-5-6-12-18(16)19/h2-14H,1H3,(H,25,29). The number of para-hydroxylation sites is 1. The molecule has 0 radical (unpaired) electrons. The lowest BCUT2D eigenvalue weighted by atomic mass is 10.0. The first-order valence-corrected chi connectivity index (χ1v) is 9.28. The lowest BCUT2D eigenvalue weighted by molar-refractivity contribution is 0.102. The Balaban J connectivity index is 1.59. The minimum atomic E-state index is -0.315. The summed E-state index contributed by atoms with van der Waals surface area (Å²) in [5, 5.41) is 18.2. The van der Waals surface area contributed by atoms with Crippen molar-refractivity contribution in [1.29, 1.82) is 0 Å². The van der Waals surface area contributed by atoms with E-state index in [2.05, 4.69) is 38.8 Å². The van der Waals surface area contributed by atoms with E-state index in [1.807, 2.05) is 61.5 Å². The number of fused-ring (bicyclic) bond motifs is 2. The Labute approximate surface area is 166 Å². The first-order valence-electron chi connectivity index (χ1n) is 9.28. The van der Waals surface area contributed by atoms with Crippen molar-refractivity contribution < 1.29 is 4.79 Å². The molecular formula is C23H17N5O. The van der Waals surface area contributed by atoms with Crippen molar-refractivity contribution in [2.45, 2.75) is 6.92 Å². The highest BCUT2D eigenvalue weighted by Gasteiger charge is 2.19. The number of anilines is 1. The topological polar surface area (TPSA) is 72.2 Å². The maximum absolute atomic E-state index is 12.7. The second kappa shape index (κ2) is 6.83. The monoisotopic (exact) mass is 379 g/mol. The van der Waals surface area contributed by atoms with E-state index in [-0.39, 0.29) is 11.6 Å². The molecule has 0 bridgehead atoms. The van der Waals surface area contributed by atoms with Gasteiger partial charge in [0.15, 0.2) is 11.3 Å². The summed E-state index contributed by atoms with van der Waals surface area (Å²) in [5.41, 5.74) is 4.12. The van der Waals surface area contributed by atoms with Crippen LogP contribution in [0.15, 0.2) is 79.0 Å². The molecule has 0 atom stereocenters. The number of aromatic nitrogens is 4. The fourth-order valence-corrected chi connectivity index (χ4v) is 3.53. The van der Waals surface area contributed by atoms with E-state index in [1.165, 1.54) is 0 Å². The molecule has 2 aromatic heterocycles. The minimum Gasteiger partial charge on any atom is -0.321 e. The summed E-state index contributed by atoms with van der Waals surface area (Å²) >= 11 is 0. The SMILES string of the molecule is Cc1c(C(=O)Nc2ccccc2)nnc2c(-c3cccc4ccccc34)cnn12. The third-order valence-electron chi connectivity index (χ3n) is 4.98. The Morgan fingerprint density at radius 3 is 2.48 bits per heavy atom. The molecule has 0 spiro atoms. The molecule has 0 aliphatic rings. The Morgan fingerprint density at radius 1 is 0.862 bits per heavy atom. The maximum atomic E-state index is 12.7. The van der Waals surface area contributed by atoms with E-state index < -0.39 is 0 Å². The molecule has 0 aliphatic carbocycles. The predicted molar refractivity (Wildman–Crippen MR) is 113 cm³/mol. The van der Waals surface area contributed by atoms with Crippen LogP contribution in [-0.4, -0.2) is 25.7 Å². The Kier molecular flexibility index (Phi) is 4.02. The molecular weight excluding hydrogens is 362 g/mol. The third-order valence-corrected chi connectivity index (χ3v) is 4.98. The number of nitrogens with zero attached hydrogens (tertiary/aromatic N) is 4. The zero-order chi connectivity index (χ0) is 19.8. The maximum Gasteiger partial charge on any atom is 0.278 e. The van der Waals surface area contributed by atoms with E-state index in [9.17, 15) is 4.79 Å². The van der Waals surface area contributed by atoms with E-state index in [0.29, 0.717) is 17.0 Å². The van der Waals surface area contributed by atoms with Gasteiger partial charge in [-0.25, -0.2) is 4.52 Å². The summed E-state index contributed by atoms with van der Waals surface area (Å²) in [5.74, 6) is -0.315. The largest absolute Gasteiger partial charge is 0.321 e. The molecule has 6 heteroatoms. The quantitative estimate of drug-likeness (QED) is 0.501. The number of rotatable bonds is 3. The van der Waals surface area contributed by atoms with Crippen LogP contribution >= 0.6 is 0 Å². The van der Waals surface area contributed by atoms with Gasteiger partial charge in [-0.1, -0.05) is 60.7 Å². The molecule has 1 N–H and O–H groups in total. The molecule has 0 fully saturated rings. The van der Waals surface area contributed by atoms with Gasteiger partial charge in [-0.3, -0.25) is 4.79 Å². The summed E-state index contributed by atoms with van der Waals surface area (Å²) in [6, 6.07) is 23.6. The molecule has 29 heavy (non-hydrogen) atoms. The second-order valence-corrected chi connectivity index (χ2v) is 6.77. The minimum absolute atomic E-state index is 0.244. The summed E-state index contributed by atoms with van der Waals surface area (Å²) in [6.45, 7) is 1.82. The summed E-state index contributed by atoms with van der Waals surface area (Å²) in [4.78, 5) is 12.7. The lowest BCUT2D eigenvalue weighted by Crippen LogP contribution is -2.18. The normalized spacial score (nSPS) is 11.1. The predicted octanol–water partition coefficient (Wildman–Crippen LogP) is 4.51. The molecule has 140 valence electrons. The van der Waals surface area contributed by atoms with E-state index in [4.69, 9.17) is 0 Å². The van der Waals surface area contributed by atoms with Crippen LogP contribution in [0.4, 0.5) is 5.69 Å². The van der Waals surface area contributed by atoms with Gasteiger partial charge in [0.1, 0.15) is 0 Å². The van der Waals surface area contributed by atoms with E-state index in [0.717, 1.165) is 21.9 Å². The third kappa shape index (κ3) is 2.91. The van der Waals surface area contributed by atoms with Crippen LogP contribution in [-0.2, 0) is 0 Å². The molecule has 3 aromatic carbocycles.